The fraction of sp³-hybridized carbons (Fsp3) is 0.467. The van der Waals surface area contributed by atoms with Crippen molar-refractivity contribution in [2.24, 2.45) is 5.73 Å². The Labute approximate surface area is 249 Å². The van der Waals surface area contributed by atoms with Crippen LogP contribution in [-0.4, -0.2) is 71.3 Å². The molecule has 2 aliphatic heterocycles. The third-order valence-electron chi connectivity index (χ3n) is 7.63. The molecule has 0 spiro atoms. The molecule has 0 radical (unpaired) electrons. The summed E-state index contributed by atoms with van der Waals surface area (Å²) in [4.78, 5) is 45.2. The molecule has 0 atom stereocenters. The van der Waals surface area contributed by atoms with Gasteiger partial charge in [-0.15, -0.1) is 11.3 Å². The molecule has 9 nitrogen and oxygen atoms in total. The first-order chi connectivity index (χ1) is 19.8. The van der Waals surface area contributed by atoms with Crippen LogP contribution in [-0.2, 0) is 20.9 Å². The number of carbonyl (C=O) groups excluding carboxylic acids is 3. The molecule has 11 heteroatoms. The summed E-state index contributed by atoms with van der Waals surface area (Å²) in [5, 5.41) is 3.55. The Hall–Kier alpha value is -3.05. The summed E-state index contributed by atoms with van der Waals surface area (Å²) in [6, 6.07) is 7.80. The number of piperidine rings is 1. The molecule has 2 saturated heterocycles. The molecule has 3 amide bonds. The van der Waals surface area contributed by atoms with E-state index in [0.717, 1.165) is 76.4 Å². The van der Waals surface area contributed by atoms with Gasteiger partial charge in [-0.05, 0) is 62.6 Å². The Balaban J connectivity index is 1.28. The van der Waals surface area contributed by atoms with E-state index in [1.54, 1.807) is 17.5 Å². The van der Waals surface area contributed by atoms with Gasteiger partial charge in [0.05, 0.1) is 16.8 Å². The fourth-order valence-corrected chi connectivity index (χ4v) is 6.89. The van der Waals surface area contributed by atoms with Gasteiger partial charge in [0.1, 0.15) is 11.9 Å². The summed E-state index contributed by atoms with van der Waals surface area (Å²) < 4.78 is 7.66. The van der Waals surface area contributed by atoms with E-state index in [1.807, 2.05) is 31.2 Å². The highest BCUT2D eigenvalue weighted by Crippen LogP contribution is 2.42. The Kier molecular flexibility index (Phi) is 9.54. The minimum absolute atomic E-state index is 0.00999. The number of likely N-dealkylation sites (tertiary alicyclic amines) is 2. The standard InChI is InChI=1S/C30H36ClN5O4S/c1-19-15-20(31)16-24(29(19)40-21-7-13-35(14-8-21)12-2-10-34-26(37)5-9-32)23-6-11-33-25-17-22(41-30(23)25)18-36-27(38)3-4-28(36)39/h6,11,15-17,21H,2-5,7-10,12-14,18,32H2,1H3,(H,34,37). The van der Waals surface area contributed by atoms with Crippen molar-refractivity contribution >= 4 is 50.9 Å². The van der Waals surface area contributed by atoms with E-state index in [-0.39, 0.29) is 43.2 Å². The summed E-state index contributed by atoms with van der Waals surface area (Å²) in [6.45, 7) is 6.13. The second-order valence-corrected chi connectivity index (χ2v) is 12.2. The Morgan fingerprint density at radius 1 is 1.17 bits per heavy atom. The number of thiophene rings is 1. The number of nitrogens with two attached hydrogens (primary N) is 1. The van der Waals surface area contributed by atoms with Crippen LogP contribution in [0.2, 0.25) is 5.02 Å². The van der Waals surface area contributed by atoms with Gasteiger partial charge >= 0.3 is 0 Å². The highest BCUT2D eigenvalue weighted by atomic mass is 35.5. The van der Waals surface area contributed by atoms with Crippen molar-refractivity contribution in [1.82, 2.24) is 20.1 Å². The van der Waals surface area contributed by atoms with Crippen LogP contribution in [0.3, 0.4) is 0 Å². The molecule has 0 unspecified atom stereocenters. The summed E-state index contributed by atoms with van der Waals surface area (Å²) in [6.07, 6.45) is 5.51. The fourth-order valence-electron chi connectivity index (χ4n) is 5.49. The first-order valence-electron chi connectivity index (χ1n) is 14.2. The summed E-state index contributed by atoms with van der Waals surface area (Å²) >= 11 is 8.09. The van der Waals surface area contributed by atoms with Crippen LogP contribution in [0.1, 0.15) is 49.0 Å². The normalized spacial score (nSPS) is 16.6. The van der Waals surface area contributed by atoms with Crippen LogP contribution in [0.15, 0.2) is 30.5 Å². The molecular weight excluding hydrogens is 562 g/mol. The van der Waals surface area contributed by atoms with E-state index < -0.39 is 0 Å². The molecular formula is C30H36ClN5O4S. The number of carbonyl (C=O) groups is 3. The third kappa shape index (κ3) is 7.06. The van der Waals surface area contributed by atoms with Gasteiger partial charge < -0.3 is 20.7 Å². The molecule has 4 heterocycles. The number of ether oxygens (including phenoxy) is 1. The molecule has 5 rings (SSSR count). The number of imide groups is 1. The number of fused-ring (bicyclic) bond motifs is 1. The second kappa shape index (κ2) is 13.3. The van der Waals surface area contributed by atoms with Crippen molar-refractivity contribution in [3.63, 3.8) is 0 Å². The number of amides is 3. The van der Waals surface area contributed by atoms with Gasteiger partial charge in [-0.2, -0.15) is 0 Å². The van der Waals surface area contributed by atoms with Crippen LogP contribution >= 0.6 is 22.9 Å². The quantitative estimate of drug-likeness (QED) is 0.250. The van der Waals surface area contributed by atoms with Gasteiger partial charge in [-0.25, -0.2) is 0 Å². The molecule has 2 aliphatic rings. The van der Waals surface area contributed by atoms with E-state index in [9.17, 15) is 14.4 Å². The molecule has 2 aromatic heterocycles. The van der Waals surface area contributed by atoms with Gasteiger partial charge in [0.25, 0.3) is 0 Å². The van der Waals surface area contributed by atoms with Crippen LogP contribution in [0.25, 0.3) is 21.3 Å². The molecule has 41 heavy (non-hydrogen) atoms. The van der Waals surface area contributed by atoms with E-state index in [2.05, 4.69) is 15.2 Å². The minimum atomic E-state index is -0.123. The van der Waals surface area contributed by atoms with Crippen molar-refractivity contribution in [1.29, 1.82) is 0 Å². The number of nitrogens with zero attached hydrogens (tertiary/aromatic N) is 3. The summed E-state index contributed by atoms with van der Waals surface area (Å²) in [7, 11) is 0. The van der Waals surface area contributed by atoms with Crippen LogP contribution in [0.4, 0.5) is 0 Å². The molecule has 218 valence electrons. The zero-order valence-electron chi connectivity index (χ0n) is 23.3. The number of hydrogen-bond donors (Lipinski definition) is 2. The molecule has 3 aromatic rings. The second-order valence-electron chi connectivity index (χ2n) is 10.7. The number of aryl methyl sites for hydroxylation is 1. The zero-order valence-corrected chi connectivity index (χ0v) is 24.9. The maximum absolute atomic E-state index is 12.2. The maximum atomic E-state index is 12.2. The molecule has 3 N–H and O–H groups in total. The van der Waals surface area contributed by atoms with Crippen LogP contribution < -0.4 is 15.8 Å². The topological polar surface area (TPSA) is 118 Å². The molecule has 0 aliphatic carbocycles. The third-order valence-corrected chi connectivity index (χ3v) is 8.99. The first kappa shape index (κ1) is 29.4. The van der Waals surface area contributed by atoms with Gasteiger partial charge in [0, 0.05) is 72.7 Å². The molecule has 0 saturated carbocycles. The maximum Gasteiger partial charge on any atom is 0.230 e. The highest BCUT2D eigenvalue weighted by Gasteiger charge is 2.29. The number of pyridine rings is 1. The molecule has 2 fully saturated rings. The number of aromatic nitrogens is 1. The molecule has 1 aromatic carbocycles. The SMILES string of the molecule is Cc1cc(Cl)cc(-c2ccnc3cc(CN4C(=O)CCC4=O)sc23)c1OC1CCN(CCCNC(=O)CCN)CC1. The largest absolute Gasteiger partial charge is 0.489 e. The number of halogens is 1. The van der Waals surface area contributed by atoms with Crippen molar-refractivity contribution < 1.29 is 19.1 Å². The van der Waals surface area contributed by atoms with Crippen molar-refractivity contribution in [2.75, 3.05) is 32.7 Å². The van der Waals surface area contributed by atoms with Crippen molar-refractivity contribution in [3.8, 4) is 16.9 Å². The number of nitrogens with one attached hydrogen (secondary N) is 1. The zero-order chi connectivity index (χ0) is 28.9. The average Bonchev–Trinajstić information content (AvgIpc) is 3.51. The average molecular weight is 598 g/mol. The summed E-state index contributed by atoms with van der Waals surface area (Å²) in [5.74, 6) is 0.586. The Morgan fingerprint density at radius 2 is 1.93 bits per heavy atom. The predicted molar refractivity (Wildman–Crippen MR) is 161 cm³/mol. The Bertz CT molecular complexity index is 1420. The lowest BCUT2D eigenvalue weighted by Crippen LogP contribution is -2.39. The first-order valence-corrected chi connectivity index (χ1v) is 15.4. The van der Waals surface area contributed by atoms with E-state index >= 15 is 0 Å². The summed E-state index contributed by atoms with van der Waals surface area (Å²) in [5.41, 5.74) is 9.10. The van der Waals surface area contributed by atoms with E-state index in [4.69, 9.17) is 22.1 Å². The lowest BCUT2D eigenvalue weighted by atomic mass is 10.0. The molecule has 0 bridgehead atoms. The van der Waals surface area contributed by atoms with Crippen molar-refractivity contribution in [3.05, 3.63) is 45.9 Å². The highest BCUT2D eigenvalue weighted by molar-refractivity contribution is 7.19. The lowest BCUT2D eigenvalue weighted by Gasteiger charge is -2.33. The minimum Gasteiger partial charge on any atom is -0.489 e. The number of benzene rings is 1. The van der Waals surface area contributed by atoms with Crippen LogP contribution in [0.5, 0.6) is 5.75 Å². The van der Waals surface area contributed by atoms with Crippen LogP contribution in [0, 0.1) is 6.92 Å². The van der Waals surface area contributed by atoms with E-state index in [0.29, 0.717) is 24.5 Å². The monoisotopic (exact) mass is 597 g/mol. The van der Waals surface area contributed by atoms with Gasteiger partial charge in [-0.1, -0.05) is 11.6 Å². The van der Waals surface area contributed by atoms with Gasteiger partial charge in [0.2, 0.25) is 17.7 Å². The smallest absolute Gasteiger partial charge is 0.230 e. The van der Waals surface area contributed by atoms with Gasteiger partial charge in [-0.3, -0.25) is 24.3 Å². The van der Waals surface area contributed by atoms with Crippen molar-refractivity contribution in [2.45, 2.75) is 58.1 Å². The number of rotatable bonds is 11. The Morgan fingerprint density at radius 3 is 2.66 bits per heavy atom. The van der Waals surface area contributed by atoms with Gasteiger partial charge in [0.15, 0.2) is 0 Å². The predicted octanol–water partition coefficient (Wildman–Crippen LogP) is 4.27. The lowest BCUT2D eigenvalue weighted by molar-refractivity contribution is -0.139. The number of hydrogen-bond acceptors (Lipinski definition) is 8. The van der Waals surface area contributed by atoms with E-state index in [1.165, 1.54) is 4.90 Å².